The number of aromatic nitrogens is 2. The zero-order valence-corrected chi connectivity index (χ0v) is 14.7. The van der Waals surface area contributed by atoms with Crippen LogP contribution in [0.3, 0.4) is 0 Å². The molecule has 0 aliphatic heterocycles. The van der Waals surface area contributed by atoms with Gasteiger partial charge in [-0.3, -0.25) is 9.89 Å². The minimum absolute atomic E-state index is 0.0610. The normalized spacial score (nSPS) is 10.7. The third-order valence-electron chi connectivity index (χ3n) is 4.47. The largest absolute Gasteiger partial charge is 0.325 e. The second-order valence-corrected chi connectivity index (χ2v) is 6.29. The van der Waals surface area contributed by atoms with Crippen LogP contribution in [0.2, 0.25) is 0 Å². The molecule has 1 aromatic heterocycles. The van der Waals surface area contributed by atoms with E-state index in [4.69, 9.17) is 0 Å². The average molecular weight is 353 g/mol. The number of benzene rings is 3. The van der Waals surface area contributed by atoms with E-state index in [9.17, 15) is 4.79 Å². The van der Waals surface area contributed by atoms with Gasteiger partial charge in [0, 0.05) is 17.4 Å². The van der Waals surface area contributed by atoms with Gasteiger partial charge in [0.15, 0.2) is 0 Å². The number of carbonyl (C=O) groups is 1. The second-order valence-electron chi connectivity index (χ2n) is 6.29. The maximum atomic E-state index is 13.2. The molecule has 0 aliphatic rings. The van der Waals surface area contributed by atoms with Crippen molar-refractivity contribution in [2.75, 3.05) is 5.32 Å². The predicted octanol–water partition coefficient (Wildman–Crippen LogP) is 4.85. The van der Waals surface area contributed by atoms with E-state index in [1.807, 2.05) is 91.0 Å². The monoisotopic (exact) mass is 353 g/mol. The number of nitrogens with zero attached hydrogens (tertiary/aromatic N) is 1. The zero-order valence-electron chi connectivity index (χ0n) is 14.7. The first kappa shape index (κ1) is 16.8. The molecule has 0 unspecified atom stereocenters. The number of aromatic amines is 1. The highest BCUT2D eigenvalue weighted by molar-refractivity contribution is 5.98. The highest BCUT2D eigenvalue weighted by Crippen LogP contribution is 2.27. The van der Waals surface area contributed by atoms with E-state index in [0.29, 0.717) is 0 Å². The standard InChI is InChI=1S/C23H19N3O/c27-23(25-20-13-7-12-19(16-20)21-14-15-24-26-21)22(17-8-3-1-4-9-17)18-10-5-2-6-11-18/h1-16,22H,(H,24,26)(H,25,27). The van der Waals surface area contributed by atoms with Gasteiger partial charge in [0.2, 0.25) is 5.91 Å². The third-order valence-corrected chi connectivity index (χ3v) is 4.47. The molecule has 0 bridgehead atoms. The number of anilines is 1. The van der Waals surface area contributed by atoms with Gasteiger partial charge < -0.3 is 5.32 Å². The molecule has 0 aliphatic carbocycles. The number of hydrogen-bond donors (Lipinski definition) is 2. The van der Waals surface area contributed by atoms with Crippen LogP contribution in [0.1, 0.15) is 17.0 Å². The maximum absolute atomic E-state index is 13.2. The highest BCUT2D eigenvalue weighted by atomic mass is 16.1. The summed E-state index contributed by atoms with van der Waals surface area (Å²) in [4.78, 5) is 13.2. The predicted molar refractivity (Wildman–Crippen MR) is 107 cm³/mol. The van der Waals surface area contributed by atoms with E-state index >= 15 is 0 Å². The summed E-state index contributed by atoms with van der Waals surface area (Å²) < 4.78 is 0. The van der Waals surface area contributed by atoms with Crippen molar-refractivity contribution in [1.82, 2.24) is 10.2 Å². The van der Waals surface area contributed by atoms with Crippen LogP contribution in [0.25, 0.3) is 11.3 Å². The summed E-state index contributed by atoms with van der Waals surface area (Å²) in [6.45, 7) is 0. The first-order valence-corrected chi connectivity index (χ1v) is 8.82. The third kappa shape index (κ3) is 3.80. The molecule has 0 fully saturated rings. The van der Waals surface area contributed by atoms with Crippen LogP contribution < -0.4 is 5.32 Å². The average Bonchev–Trinajstić information content (AvgIpc) is 3.25. The molecule has 3 aromatic carbocycles. The molecular weight excluding hydrogens is 334 g/mol. The summed E-state index contributed by atoms with van der Waals surface area (Å²) >= 11 is 0. The topological polar surface area (TPSA) is 57.8 Å². The molecular formula is C23H19N3O. The minimum atomic E-state index is -0.372. The number of carbonyl (C=O) groups excluding carboxylic acids is 1. The fourth-order valence-corrected chi connectivity index (χ4v) is 3.18. The molecule has 4 rings (SSSR count). The molecule has 4 aromatic rings. The van der Waals surface area contributed by atoms with Gasteiger partial charge >= 0.3 is 0 Å². The lowest BCUT2D eigenvalue weighted by molar-refractivity contribution is -0.116. The van der Waals surface area contributed by atoms with Crippen molar-refractivity contribution in [2.45, 2.75) is 5.92 Å². The van der Waals surface area contributed by atoms with E-state index < -0.39 is 0 Å². The Morgan fingerprint density at radius 2 is 1.48 bits per heavy atom. The van der Waals surface area contributed by atoms with Gasteiger partial charge in [-0.2, -0.15) is 5.10 Å². The zero-order chi connectivity index (χ0) is 18.5. The van der Waals surface area contributed by atoms with Crippen molar-refractivity contribution in [1.29, 1.82) is 0 Å². The van der Waals surface area contributed by atoms with Crippen LogP contribution in [-0.2, 0) is 4.79 Å². The summed E-state index contributed by atoms with van der Waals surface area (Å²) in [5, 5.41) is 10.00. The van der Waals surface area contributed by atoms with Crippen molar-refractivity contribution < 1.29 is 4.79 Å². The molecule has 0 atom stereocenters. The van der Waals surface area contributed by atoms with Crippen molar-refractivity contribution in [3.05, 3.63) is 108 Å². The summed E-state index contributed by atoms with van der Waals surface area (Å²) in [6, 6.07) is 29.3. The molecule has 1 amide bonds. The molecule has 0 spiro atoms. The lowest BCUT2D eigenvalue weighted by Gasteiger charge is -2.18. The van der Waals surface area contributed by atoms with E-state index in [-0.39, 0.29) is 11.8 Å². The fourth-order valence-electron chi connectivity index (χ4n) is 3.18. The number of rotatable bonds is 5. The van der Waals surface area contributed by atoms with Crippen molar-refractivity contribution in [3.63, 3.8) is 0 Å². The van der Waals surface area contributed by atoms with Crippen LogP contribution in [0.15, 0.2) is 97.2 Å². The second kappa shape index (κ2) is 7.70. The van der Waals surface area contributed by atoms with Crippen LogP contribution in [0, 0.1) is 0 Å². The lowest BCUT2D eigenvalue weighted by atomic mass is 9.90. The van der Waals surface area contributed by atoms with Crippen molar-refractivity contribution in [3.8, 4) is 11.3 Å². The minimum Gasteiger partial charge on any atom is -0.325 e. The van der Waals surface area contributed by atoms with Crippen LogP contribution in [0.4, 0.5) is 5.69 Å². The Morgan fingerprint density at radius 3 is 2.07 bits per heavy atom. The molecule has 0 saturated heterocycles. The molecule has 0 radical (unpaired) electrons. The first-order chi connectivity index (χ1) is 13.3. The van der Waals surface area contributed by atoms with Gasteiger partial charge in [0.05, 0.1) is 11.6 Å². The summed E-state index contributed by atoms with van der Waals surface area (Å²) in [5.74, 6) is -0.433. The smallest absolute Gasteiger partial charge is 0.236 e. The van der Waals surface area contributed by atoms with Crippen molar-refractivity contribution >= 4 is 11.6 Å². The number of H-pyrrole nitrogens is 1. The van der Waals surface area contributed by atoms with Gasteiger partial charge in [-0.15, -0.1) is 0 Å². The Labute approximate surface area is 157 Å². The van der Waals surface area contributed by atoms with E-state index in [2.05, 4.69) is 15.5 Å². The summed E-state index contributed by atoms with van der Waals surface area (Å²) in [7, 11) is 0. The Kier molecular flexibility index (Phi) is 4.79. The number of amides is 1. The Morgan fingerprint density at radius 1 is 0.815 bits per heavy atom. The molecule has 4 heteroatoms. The molecule has 132 valence electrons. The molecule has 4 nitrogen and oxygen atoms in total. The van der Waals surface area contributed by atoms with Crippen LogP contribution >= 0.6 is 0 Å². The Bertz CT molecular complexity index is 972. The maximum Gasteiger partial charge on any atom is 0.236 e. The first-order valence-electron chi connectivity index (χ1n) is 8.82. The fraction of sp³-hybridized carbons (Fsp3) is 0.0435. The lowest BCUT2D eigenvalue weighted by Crippen LogP contribution is -2.22. The highest BCUT2D eigenvalue weighted by Gasteiger charge is 2.22. The number of hydrogen-bond acceptors (Lipinski definition) is 2. The molecule has 0 saturated carbocycles. The van der Waals surface area contributed by atoms with E-state index in [1.165, 1.54) is 0 Å². The van der Waals surface area contributed by atoms with E-state index in [1.54, 1.807) is 6.20 Å². The van der Waals surface area contributed by atoms with Gasteiger partial charge in [-0.1, -0.05) is 72.8 Å². The molecule has 2 N–H and O–H groups in total. The van der Waals surface area contributed by atoms with Crippen molar-refractivity contribution in [2.24, 2.45) is 0 Å². The summed E-state index contributed by atoms with van der Waals surface area (Å²) in [6.07, 6.45) is 1.71. The summed E-state index contributed by atoms with van der Waals surface area (Å²) in [5.41, 5.74) is 4.57. The number of nitrogens with one attached hydrogen (secondary N) is 2. The van der Waals surface area contributed by atoms with Gasteiger partial charge in [-0.05, 0) is 29.3 Å². The van der Waals surface area contributed by atoms with Crippen LogP contribution in [0.5, 0.6) is 0 Å². The quantitative estimate of drug-likeness (QED) is 0.539. The van der Waals surface area contributed by atoms with E-state index in [0.717, 1.165) is 28.1 Å². The Hall–Kier alpha value is -3.66. The van der Waals surface area contributed by atoms with Crippen LogP contribution in [-0.4, -0.2) is 16.1 Å². The van der Waals surface area contributed by atoms with Gasteiger partial charge in [0.1, 0.15) is 0 Å². The molecule has 1 heterocycles. The van der Waals surface area contributed by atoms with Gasteiger partial charge in [-0.25, -0.2) is 0 Å². The SMILES string of the molecule is O=C(Nc1cccc(-c2ccn[nH]2)c1)C(c1ccccc1)c1ccccc1. The van der Waals surface area contributed by atoms with Gasteiger partial charge in [0.25, 0.3) is 0 Å². The molecule has 27 heavy (non-hydrogen) atoms. The Balaban J connectivity index is 1.64.